The highest BCUT2D eigenvalue weighted by Crippen LogP contribution is 2.38. The second-order valence-electron chi connectivity index (χ2n) is 10.4. The minimum Gasteiger partial charge on any atom is -0.394 e. The predicted molar refractivity (Wildman–Crippen MR) is 141 cm³/mol. The lowest BCUT2D eigenvalue weighted by Gasteiger charge is -2.33. The van der Waals surface area contributed by atoms with E-state index in [9.17, 15) is 19.5 Å². The van der Waals surface area contributed by atoms with Crippen molar-refractivity contribution in [2.24, 2.45) is 4.99 Å². The number of fused-ring (bicyclic) bond motifs is 2. The van der Waals surface area contributed by atoms with E-state index in [0.29, 0.717) is 41.0 Å². The molecule has 0 spiro atoms. The number of hydrogen-bond acceptors (Lipinski definition) is 8. The number of amides is 2. The van der Waals surface area contributed by atoms with Crippen molar-refractivity contribution in [2.75, 3.05) is 32.1 Å². The second kappa shape index (κ2) is 9.77. The van der Waals surface area contributed by atoms with Gasteiger partial charge in [-0.15, -0.1) is 0 Å². The molecule has 3 aliphatic heterocycles. The van der Waals surface area contributed by atoms with Crippen molar-refractivity contribution in [3.63, 3.8) is 0 Å². The number of rotatable bonds is 5. The number of nitrogens with one attached hydrogen (secondary N) is 2. The lowest BCUT2D eigenvalue weighted by Crippen LogP contribution is -2.46. The summed E-state index contributed by atoms with van der Waals surface area (Å²) < 4.78 is 0. The van der Waals surface area contributed by atoms with E-state index in [1.54, 1.807) is 30.7 Å². The number of imidazole rings is 1. The Balaban J connectivity index is 1.29. The molecular formula is C28H30N6O4. The Morgan fingerprint density at radius 1 is 1.16 bits per heavy atom. The van der Waals surface area contributed by atoms with Gasteiger partial charge < -0.3 is 20.3 Å². The number of hydrogen-bond donors (Lipinski definition) is 3. The summed E-state index contributed by atoms with van der Waals surface area (Å²) in [6.07, 6.45) is 9.58. The number of carbonyl (C=O) groups is 3. The highest BCUT2D eigenvalue weighted by atomic mass is 16.3. The summed E-state index contributed by atoms with van der Waals surface area (Å²) in [5, 5.41) is 13.3. The van der Waals surface area contributed by atoms with Gasteiger partial charge in [-0.25, -0.2) is 4.98 Å². The van der Waals surface area contributed by atoms with E-state index in [-0.39, 0.29) is 36.7 Å². The number of benzene rings is 1. The Hall–Kier alpha value is -3.89. The molecule has 0 bridgehead atoms. The van der Waals surface area contributed by atoms with Crippen molar-refractivity contribution in [3.8, 4) is 0 Å². The summed E-state index contributed by atoms with van der Waals surface area (Å²) in [7, 11) is 2.05. The minimum atomic E-state index is -0.440. The van der Waals surface area contributed by atoms with E-state index >= 15 is 0 Å². The van der Waals surface area contributed by atoms with Gasteiger partial charge in [-0.05, 0) is 56.8 Å². The maximum atomic E-state index is 13.3. The van der Waals surface area contributed by atoms with Crippen molar-refractivity contribution in [3.05, 3.63) is 70.5 Å². The molecule has 196 valence electrons. The molecule has 10 nitrogen and oxygen atoms in total. The highest BCUT2D eigenvalue weighted by molar-refractivity contribution is 6.29. The lowest BCUT2D eigenvalue weighted by molar-refractivity contribution is -0.114. The molecule has 0 saturated carbocycles. The Morgan fingerprint density at radius 3 is 2.63 bits per heavy atom. The number of ketones is 1. The topological polar surface area (TPSA) is 131 Å². The van der Waals surface area contributed by atoms with Gasteiger partial charge >= 0.3 is 0 Å². The van der Waals surface area contributed by atoms with E-state index in [0.717, 1.165) is 42.9 Å². The number of aliphatic hydroxyl groups excluding tert-OH is 1. The number of imide groups is 1. The third-order valence-corrected chi connectivity index (χ3v) is 7.81. The number of allylic oxidation sites excluding steroid dienone is 4. The maximum absolute atomic E-state index is 13.3. The van der Waals surface area contributed by atoms with Gasteiger partial charge in [-0.3, -0.25) is 24.3 Å². The van der Waals surface area contributed by atoms with Crippen LogP contribution in [0.15, 0.2) is 53.1 Å². The number of piperidine rings is 1. The zero-order chi connectivity index (χ0) is 26.4. The third kappa shape index (κ3) is 4.29. The summed E-state index contributed by atoms with van der Waals surface area (Å²) in [5.41, 5.74) is 4.99. The van der Waals surface area contributed by atoms with Crippen molar-refractivity contribution < 1.29 is 19.5 Å². The summed E-state index contributed by atoms with van der Waals surface area (Å²) in [4.78, 5) is 55.1. The molecule has 4 heterocycles. The van der Waals surface area contributed by atoms with Crippen LogP contribution in [0, 0.1) is 0 Å². The number of aliphatic imine (C=N–C) groups is 1. The van der Waals surface area contributed by atoms with Crippen molar-refractivity contribution in [1.29, 1.82) is 0 Å². The van der Waals surface area contributed by atoms with Crippen LogP contribution in [0.2, 0.25) is 0 Å². The molecule has 4 aliphatic rings. The van der Waals surface area contributed by atoms with Crippen LogP contribution in [0.3, 0.4) is 0 Å². The van der Waals surface area contributed by atoms with Gasteiger partial charge in [-0.1, -0.05) is 6.08 Å². The van der Waals surface area contributed by atoms with Crippen LogP contribution in [0.5, 0.6) is 0 Å². The second-order valence-corrected chi connectivity index (χ2v) is 10.4. The molecule has 0 radical (unpaired) electrons. The number of aromatic nitrogens is 2. The molecule has 0 unspecified atom stereocenters. The normalized spacial score (nSPS) is 23.8. The van der Waals surface area contributed by atoms with Crippen LogP contribution in [0.1, 0.15) is 51.2 Å². The first-order valence-corrected chi connectivity index (χ1v) is 13.0. The fraction of sp³-hybridized carbons (Fsp3) is 0.393. The Morgan fingerprint density at radius 2 is 1.92 bits per heavy atom. The molecule has 1 aromatic heterocycles. The summed E-state index contributed by atoms with van der Waals surface area (Å²) in [6.45, 7) is 1.54. The summed E-state index contributed by atoms with van der Waals surface area (Å²) in [6, 6.07) is 3.03. The van der Waals surface area contributed by atoms with E-state index in [1.165, 1.54) is 4.90 Å². The standard InChI is InChI=1S/C28H30N6O4/c1-33-7-5-19(6-8-33)34-27(37)20-9-16-10-24(32-23(16)12-21(20)28(34)38)26-22(3-2-4-25(26)36)31-18(14-35)11-17-13-29-15-30-17/h2-3,9,12-13,15,18-19,32,35H,4-8,10-11,14H2,1H3,(H,29,30)/t18-/m0/s1. The van der Waals surface area contributed by atoms with Gasteiger partial charge in [0.05, 0.1) is 41.4 Å². The Bertz CT molecular complexity index is 1350. The van der Waals surface area contributed by atoms with Gasteiger partial charge in [0, 0.05) is 48.6 Å². The SMILES string of the molecule is CN1CCC(N2C(=O)c3cc4c(cc3C2=O)NC(=C2C(=O)CC=CC2=N[C@H](CO)Cc2cnc[nH]2)C4)CC1. The molecule has 1 saturated heterocycles. The van der Waals surface area contributed by atoms with E-state index in [4.69, 9.17) is 4.99 Å². The fourth-order valence-electron chi connectivity index (χ4n) is 5.78. The monoisotopic (exact) mass is 514 g/mol. The fourth-order valence-corrected chi connectivity index (χ4v) is 5.78. The molecule has 10 heteroatoms. The maximum Gasteiger partial charge on any atom is 0.261 e. The lowest BCUT2D eigenvalue weighted by atomic mass is 9.93. The van der Waals surface area contributed by atoms with Gasteiger partial charge in [0.1, 0.15) is 0 Å². The van der Waals surface area contributed by atoms with E-state index in [1.807, 2.05) is 13.1 Å². The quantitative estimate of drug-likeness (QED) is 0.410. The van der Waals surface area contributed by atoms with Gasteiger partial charge in [-0.2, -0.15) is 0 Å². The molecule has 1 aromatic carbocycles. The van der Waals surface area contributed by atoms with Crippen LogP contribution in [-0.2, 0) is 17.6 Å². The first kappa shape index (κ1) is 24.4. The number of nitrogens with zero attached hydrogens (tertiary/aromatic N) is 4. The molecular weight excluding hydrogens is 484 g/mol. The molecule has 3 N–H and O–H groups in total. The molecule has 1 atom stereocenters. The van der Waals surface area contributed by atoms with Crippen molar-refractivity contribution >= 4 is 29.0 Å². The molecule has 2 aromatic rings. The zero-order valence-corrected chi connectivity index (χ0v) is 21.2. The average molecular weight is 515 g/mol. The van der Waals surface area contributed by atoms with Crippen LogP contribution >= 0.6 is 0 Å². The average Bonchev–Trinajstić information content (AvgIpc) is 3.62. The number of likely N-dealkylation sites (tertiary alicyclic amines) is 1. The highest BCUT2D eigenvalue weighted by Gasteiger charge is 2.42. The third-order valence-electron chi connectivity index (χ3n) is 7.81. The van der Waals surface area contributed by atoms with Gasteiger partial charge in [0.2, 0.25) is 0 Å². The van der Waals surface area contributed by atoms with Crippen LogP contribution in [0.25, 0.3) is 0 Å². The number of aliphatic hydroxyl groups is 1. The van der Waals surface area contributed by atoms with E-state index < -0.39 is 6.04 Å². The zero-order valence-electron chi connectivity index (χ0n) is 21.2. The first-order chi connectivity index (χ1) is 18.4. The smallest absolute Gasteiger partial charge is 0.261 e. The first-order valence-electron chi connectivity index (χ1n) is 13.0. The van der Waals surface area contributed by atoms with Crippen molar-refractivity contribution in [1.82, 2.24) is 19.8 Å². The number of H-pyrrole nitrogens is 1. The number of anilines is 1. The molecule has 1 fully saturated rings. The van der Waals surface area contributed by atoms with Gasteiger partial charge in [0.25, 0.3) is 11.8 Å². The number of carbonyl (C=O) groups excluding carboxylic acids is 3. The van der Waals surface area contributed by atoms with Crippen LogP contribution < -0.4 is 5.32 Å². The molecule has 38 heavy (non-hydrogen) atoms. The predicted octanol–water partition coefficient (Wildman–Crippen LogP) is 1.90. The largest absolute Gasteiger partial charge is 0.394 e. The van der Waals surface area contributed by atoms with Crippen LogP contribution in [-0.4, -0.2) is 87.0 Å². The summed E-state index contributed by atoms with van der Waals surface area (Å²) >= 11 is 0. The molecule has 2 amide bonds. The minimum absolute atomic E-state index is 0.0621. The Kier molecular flexibility index (Phi) is 6.29. The molecule has 6 rings (SSSR count). The summed E-state index contributed by atoms with van der Waals surface area (Å²) in [5.74, 6) is -0.534. The van der Waals surface area contributed by atoms with Crippen LogP contribution in [0.4, 0.5) is 5.69 Å². The number of Topliss-reactive ketones (excluding diaryl/α,β-unsaturated/α-hetero) is 1. The van der Waals surface area contributed by atoms with Crippen molar-refractivity contribution in [2.45, 2.75) is 44.2 Å². The Labute approximate surface area is 220 Å². The van der Waals surface area contributed by atoms with Gasteiger partial charge in [0.15, 0.2) is 5.78 Å². The van der Waals surface area contributed by atoms with E-state index in [2.05, 4.69) is 20.2 Å². The number of aromatic amines is 1. The molecule has 1 aliphatic carbocycles.